The van der Waals surface area contributed by atoms with Crippen molar-refractivity contribution in [1.82, 2.24) is 25.8 Å². The first-order valence-corrected chi connectivity index (χ1v) is 36.3. The fourth-order valence-electron chi connectivity index (χ4n) is 12.3. The SMILES string of the molecule is C#CCNC(=O)[C@H](CCCCNC(=O)CON=CC[C@@H](C)[C@@H](OC(C)=O)[C@@H](C)[C@@H](CC[C@H](C)[C@H](O)[C@H](C)[C@@H]1C/C=C/[C@H](OC)C[C@H](C)C/C=C(\C)[C@@H](OC)CC[C@@H](C)[C@@H](O)[C@H](C)[C@H](OC(=O)C(COC)N(C)C)C/C=C/C=C/C(=O)O1)OC(=O)[C@H](C)N(C)C)NC(=O)c1ccc(C2(C(F)(F)F)N=N2)cc1. The zero-order chi connectivity index (χ0) is 78.7. The van der Waals surface area contributed by atoms with E-state index in [2.05, 4.69) is 50.3 Å². The molecule has 2 aliphatic heterocycles. The summed E-state index contributed by atoms with van der Waals surface area (Å²) in [5.74, 6) is -4.41. The molecule has 3 rings (SSSR count). The highest BCUT2D eigenvalue weighted by Gasteiger charge is 2.65. The van der Waals surface area contributed by atoms with Gasteiger partial charge in [-0.05, 0) is 148 Å². The Morgan fingerprint density at radius 3 is 2.15 bits per heavy atom. The van der Waals surface area contributed by atoms with Crippen LogP contribution in [0.5, 0.6) is 0 Å². The average molecular weight is 1490 g/mol. The average Bonchev–Trinajstić information content (AvgIpc) is 1.58. The van der Waals surface area contributed by atoms with Gasteiger partial charge in [-0.3, -0.25) is 38.6 Å². The Bertz CT molecular complexity index is 3100. The predicted octanol–water partition coefficient (Wildman–Crippen LogP) is 9.54. The molecule has 0 spiro atoms. The monoisotopic (exact) mass is 1480 g/mol. The van der Waals surface area contributed by atoms with Crippen LogP contribution >= 0.6 is 0 Å². The number of alkyl halides is 3. The van der Waals surface area contributed by atoms with E-state index in [0.717, 1.165) is 24.1 Å². The van der Waals surface area contributed by atoms with Crippen LogP contribution in [0.1, 0.15) is 162 Å². The number of aliphatic hydroxyl groups is 2. The second-order valence-electron chi connectivity index (χ2n) is 28.5. The highest BCUT2D eigenvalue weighted by atomic mass is 19.4. The summed E-state index contributed by atoms with van der Waals surface area (Å²) < 4.78 is 82.3. The van der Waals surface area contributed by atoms with E-state index in [0.29, 0.717) is 38.5 Å². The van der Waals surface area contributed by atoms with Crippen LogP contribution in [0.15, 0.2) is 87.8 Å². The van der Waals surface area contributed by atoms with Gasteiger partial charge in [0, 0.05) is 88.8 Å². The van der Waals surface area contributed by atoms with Crippen molar-refractivity contribution >= 4 is 47.8 Å². The highest BCUT2D eigenvalue weighted by molar-refractivity contribution is 5.97. The molecule has 28 heteroatoms. The first kappa shape index (κ1) is 91.8. The minimum Gasteiger partial charge on any atom is -0.462 e. The number of amides is 3. The van der Waals surface area contributed by atoms with Crippen LogP contribution in [0.25, 0.3) is 0 Å². The van der Waals surface area contributed by atoms with Gasteiger partial charge in [-0.15, -0.1) is 16.7 Å². The van der Waals surface area contributed by atoms with E-state index >= 15 is 0 Å². The number of terminal acetylenes is 1. The molecule has 0 saturated carbocycles. The van der Waals surface area contributed by atoms with Crippen molar-refractivity contribution in [3.05, 3.63) is 83.5 Å². The molecule has 590 valence electrons. The number of oxime groups is 1. The lowest BCUT2D eigenvalue weighted by atomic mass is 9.82. The lowest BCUT2D eigenvalue weighted by molar-refractivity contribution is -0.167. The second kappa shape index (κ2) is 46.6. The topological polar surface area (TPSA) is 313 Å². The number of nitrogens with zero attached hydrogens (tertiary/aromatic N) is 5. The third-order valence-corrected chi connectivity index (χ3v) is 19.7. The molecule has 5 N–H and O–H groups in total. The third-order valence-electron chi connectivity index (χ3n) is 19.7. The summed E-state index contributed by atoms with van der Waals surface area (Å²) in [5.41, 5.74) is -1.85. The molecule has 105 heavy (non-hydrogen) atoms. The van der Waals surface area contributed by atoms with Crippen LogP contribution < -0.4 is 16.0 Å². The Labute approximate surface area is 619 Å². The van der Waals surface area contributed by atoms with Crippen molar-refractivity contribution in [3.63, 3.8) is 0 Å². The van der Waals surface area contributed by atoms with Crippen molar-refractivity contribution in [2.45, 2.75) is 225 Å². The summed E-state index contributed by atoms with van der Waals surface area (Å²) in [4.78, 5) is 102. The standard InChI is InChI=1S/C77H119F3N8O17/c1-19-42-82-73(95)61(84-72(94)58-35-37-59(38-36-58)76(85-86-76)77(78,79)80)27-23-24-43-81-67(90)47-101-83-44-41-52(6)71(102-57(11)89)55(9)66(104-74(96)56(10)87(12)13)40-34-51(5)69(92)53(7)64-29-25-26-60(99-17)45-48(2)31-32-49(3)63(100-18)39-33-50(4)70(93)54(8)65(28-21-20-22-30-68(91)103-64)105-75(97)62(46-98-16)88(14)15/h1,20-22,25-26,30,32,35-38,44,48,50-56,60-66,69-71,92-93H,23-24,27-29,31,33-34,39-43,45-47H2,2-18H3,(H,81,90)(H,82,95)(H,84,94)/b21-20+,26-25+,30-22+,49-32+,83-44?/t48-,50-,51+,52-,53-,54-,55+,56+,60+,61+,62?,63+,64+,65-,66-,69+,70-,71-/m1/s1. The molecule has 2 heterocycles. The van der Waals surface area contributed by atoms with Gasteiger partial charge in [0.25, 0.3) is 11.8 Å². The summed E-state index contributed by atoms with van der Waals surface area (Å²) in [6, 6.07) is 2.14. The molecule has 0 saturated heterocycles. The molecule has 3 amide bonds. The number of unbranched alkanes of at least 4 members (excludes halogenated alkanes) is 1. The lowest BCUT2D eigenvalue weighted by Crippen LogP contribution is -2.47. The molecule has 18 atom stereocenters. The quantitative estimate of drug-likeness (QED) is 0.00803. The van der Waals surface area contributed by atoms with Crippen LogP contribution in [-0.4, -0.2) is 217 Å². The van der Waals surface area contributed by atoms with Gasteiger partial charge in [-0.1, -0.05) is 108 Å². The maximum Gasteiger partial charge on any atom is 0.442 e. The van der Waals surface area contributed by atoms with Gasteiger partial charge in [0.15, 0.2) is 6.61 Å². The van der Waals surface area contributed by atoms with E-state index in [-0.39, 0.29) is 87.0 Å². The smallest absolute Gasteiger partial charge is 0.442 e. The number of hydrogen-bond acceptors (Lipinski definition) is 22. The molecule has 0 radical (unpaired) electrons. The molecule has 1 aromatic carbocycles. The second-order valence-corrected chi connectivity index (χ2v) is 28.5. The summed E-state index contributed by atoms with van der Waals surface area (Å²) >= 11 is 0. The molecular formula is C77H119F3N8O17. The maximum atomic E-state index is 13.8. The number of halogens is 3. The number of hydrogen-bond donors (Lipinski definition) is 5. The largest absolute Gasteiger partial charge is 0.462 e. The van der Waals surface area contributed by atoms with Crippen LogP contribution in [-0.2, 0) is 72.4 Å². The van der Waals surface area contributed by atoms with E-state index in [1.54, 1.807) is 71.3 Å². The number of likely N-dealkylation sites (N-methyl/N-ethyl adjacent to an activating group) is 2. The Hall–Kier alpha value is -7.39. The van der Waals surface area contributed by atoms with E-state index in [4.69, 9.17) is 44.4 Å². The van der Waals surface area contributed by atoms with Gasteiger partial charge < -0.3 is 64.2 Å². The normalized spacial score (nSPS) is 25.1. The molecule has 0 aliphatic carbocycles. The number of allylic oxidation sites excluding steroid dienone is 3. The van der Waals surface area contributed by atoms with Gasteiger partial charge in [0.2, 0.25) is 5.91 Å². The van der Waals surface area contributed by atoms with Gasteiger partial charge in [0.05, 0.1) is 37.6 Å². The highest BCUT2D eigenvalue weighted by Crippen LogP contribution is 2.52. The van der Waals surface area contributed by atoms with Crippen molar-refractivity contribution in [2.75, 3.05) is 75.8 Å². The fraction of sp³-hybridized carbons (Fsp3) is 0.688. The fourth-order valence-corrected chi connectivity index (χ4v) is 12.3. The number of nitrogens with one attached hydrogen (secondary N) is 3. The summed E-state index contributed by atoms with van der Waals surface area (Å²) in [5, 5.41) is 42.2. The Balaban J connectivity index is 1.78. The molecule has 1 aromatic rings. The number of aliphatic hydroxyl groups excluding tert-OH is 2. The Kier molecular flexibility index (Phi) is 40.8. The first-order chi connectivity index (χ1) is 49.6. The number of ether oxygens (including phenoxy) is 7. The van der Waals surface area contributed by atoms with E-state index < -0.39 is 144 Å². The van der Waals surface area contributed by atoms with Gasteiger partial charge in [0.1, 0.15) is 42.5 Å². The molecule has 0 aromatic heterocycles. The van der Waals surface area contributed by atoms with Crippen molar-refractivity contribution in [2.24, 2.45) is 56.8 Å². The number of cyclic esters (lactones) is 1. The van der Waals surface area contributed by atoms with Crippen LogP contribution in [0.4, 0.5) is 13.2 Å². The molecule has 25 nitrogen and oxygen atoms in total. The Morgan fingerprint density at radius 2 is 1.55 bits per heavy atom. The van der Waals surface area contributed by atoms with Crippen LogP contribution in [0.2, 0.25) is 0 Å². The summed E-state index contributed by atoms with van der Waals surface area (Å²) in [6.45, 7) is 18.0. The first-order valence-electron chi connectivity index (χ1n) is 36.3. The summed E-state index contributed by atoms with van der Waals surface area (Å²) in [7, 11) is 11.8. The maximum absolute atomic E-state index is 13.8. The van der Waals surface area contributed by atoms with E-state index in [9.17, 15) is 56.9 Å². The molecule has 1 unspecified atom stereocenters. The molecule has 0 fully saturated rings. The van der Waals surface area contributed by atoms with Crippen LogP contribution in [0.3, 0.4) is 0 Å². The number of rotatable bonds is 35. The molecule has 2 aliphatic rings. The third kappa shape index (κ3) is 31.2. The van der Waals surface area contributed by atoms with E-state index in [1.807, 2.05) is 60.6 Å². The van der Waals surface area contributed by atoms with Gasteiger partial charge in [-0.25, -0.2) is 4.79 Å². The minimum absolute atomic E-state index is 0.00440. The lowest BCUT2D eigenvalue weighted by Gasteiger charge is -2.35. The van der Waals surface area contributed by atoms with E-state index in [1.165, 1.54) is 44.5 Å². The number of methoxy groups -OCH3 is 3. The van der Waals surface area contributed by atoms with Crippen LogP contribution in [0, 0.1) is 53.8 Å². The number of carbonyl (C=O) groups is 7. The van der Waals surface area contributed by atoms with Crippen molar-refractivity contribution < 1.29 is 94.9 Å². The summed E-state index contributed by atoms with van der Waals surface area (Å²) in [6.07, 6.45) is 13.4. The predicted molar refractivity (Wildman–Crippen MR) is 392 cm³/mol. The zero-order valence-corrected chi connectivity index (χ0v) is 64.6. The van der Waals surface area contributed by atoms with Crippen molar-refractivity contribution in [1.29, 1.82) is 0 Å². The van der Waals surface area contributed by atoms with Gasteiger partial charge in [-0.2, -0.15) is 13.2 Å². The number of benzene rings is 1. The molecular weight excluding hydrogens is 1370 g/mol. The number of esters is 4. The Morgan fingerprint density at radius 1 is 0.867 bits per heavy atom. The van der Waals surface area contributed by atoms with Gasteiger partial charge >= 0.3 is 35.7 Å². The zero-order valence-electron chi connectivity index (χ0n) is 64.6. The molecule has 0 bridgehead atoms. The van der Waals surface area contributed by atoms with Crippen molar-refractivity contribution in [3.8, 4) is 12.3 Å². The number of carbonyl (C=O) groups excluding carboxylic acids is 7. The minimum atomic E-state index is -4.75.